The lowest BCUT2D eigenvalue weighted by molar-refractivity contribution is -0.137. The molecule has 2 aromatic carbocycles. The van der Waals surface area contributed by atoms with Crippen molar-refractivity contribution in [2.75, 3.05) is 6.54 Å². The van der Waals surface area contributed by atoms with E-state index in [0.717, 1.165) is 12.1 Å². The van der Waals surface area contributed by atoms with Crippen LogP contribution in [-0.4, -0.2) is 20.9 Å². The van der Waals surface area contributed by atoms with E-state index >= 15 is 0 Å². The highest BCUT2D eigenvalue weighted by Gasteiger charge is 2.30. The van der Waals surface area contributed by atoms with Gasteiger partial charge in [-0.3, -0.25) is 4.79 Å². The first kappa shape index (κ1) is 20.9. The van der Waals surface area contributed by atoms with Crippen molar-refractivity contribution in [1.82, 2.24) is 10.0 Å². The lowest BCUT2D eigenvalue weighted by atomic mass is 10.0. The lowest BCUT2D eigenvalue weighted by Crippen LogP contribution is -2.27. The number of nitrogens with one attached hydrogen (secondary N) is 2. The first-order valence-electron chi connectivity index (χ1n) is 8.12. The number of sulfonamides is 1. The molecule has 0 bridgehead atoms. The minimum atomic E-state index is -4.46. The molecule has 2 aromatic rings. The quantitative estimate of drug-likeness (QED) is 0.779. The van der Waals surface area contributed by atoms with E-state index in [1.165, 1.54) is 36.4 Å². The molecule has 1 atom stereocenters. The number of benzene rings is 2. The van der Waals surface area contributed by atoms with Gasteiger partial charge < -0.3 is 5.32 Å². The van der Waals surface area contributed by atoms with Gasteiger partial charge in [0.15, 0.2) is 0 Å². The van der Waals surface area contributed by atoms with Crippen LogP contribution in [0.3, 0.4) is 0 Å². The molecule has 0 spiro atoms. The molecule has 0 fully saturated rings. The lowest BCUT2D eigenvalue weighted by Gasteiger charge is -2.16. The second-order valence-corrected chi connectivity index (χ2v) is 7.61. The van der Waals surface area contributed by atoms with Gasteiger partial charge in [0.25, 0.3) is 5.91 Å². The van der Waals surface area contributed by atoms with Crippen molar-refractivity contribution in [2.24, 2.45) is 0 Å². The molecule has 0 saturated carbocycles. The molecular weight excluding hydrogens is 381 g/mol. The molecule has 2 N–H and O–H groups in total. The van der Waals surface area contributed by atoms with E-state index in [1.807, 2.05) is 0 Å². The highest BCUT2D eigenvalue weighted by Crippen LogP contribution is 2.30. The normalized spacial score (nSPS) is 13.2. The number of alkyl halides is 3. The molecule has 2 rings (SSSR count). The Morgan fingerprint density at radius 3 is 2.30 bits per heavy atom. The Morgan fingerprint density at radius 1 is 1.11 bits per heavy atom. The standard InChI is InChI=1S/C18H19F3N2O3S/c1-3-22-27(25,26)16-9-7-13(8-10-16)17(24)23-12(2)14-5-4-6-15(11-14)18(19,20)21/h4-12,22H,3H2,1-2H3,(H,23,24)/t12-/m1/s1. The summed E-state index contributed by atoms with van der Waals surface area (Å²) in [6, 6.07) is 9.33. The van der Waals surface area contributed by atoms with Crippen molar-refractivity contribution >= 4 is 15.9 Å². The number of halogens is 3. The van der Waals surface area contributed by atoms with E-state index in [1.54, 1.807) is 13.8 Å². The smallest absolute Gasteiger partial charge is 0.346 e. The average Bonchev–Trinajstić information content (AvgIpc) is 2.61. The SMILES string of the molecule is CCNS(=O)(=O)c1ccc(C(=O)N[C@H](C)c2cccc(C(F)(F)F)c2)cc1. The number of carbonyl (C=O) groups excluding carboxylic acids is 1. The zero-order chi connectivity index (χ0) is 20.2. The molecule has 0 aliphatic heterocycles. The van der Waals surface area contributed by atoms with E-state index in [0.29, 0.717) is 5.56 Å². The molecule has 0 heterocycles. The summed E-state index contributed by atoms with van der Waals surface area (Å²) in [5.41, 5.74) is -0.284. The van der Waals surface area contributed by atoms with Crippen LogP contribution in [0.1, 0.15) is 41.4 Å². The van der Waals surface area contributed by atoms with Gasteiger partial charge in [0.2, 0.25) is 10.0 Å². The van der Waals surface area contributed by atoms with Crippen LogP contribution >= 0.6 is 0 Å². The summed E-state index contributed by atoms with van der Waals surface area (Å²) in [7, 11) is -3.63. The number of carbonyl (C=O) groups is 1. The maximum atomic E-state index is 12.8. The van der Waals surface area contributed by atoms with Crippen molar-refractivity contribution in [2.45, 2.75) is 31.0 Å². The van der Waals surface area contributed by atoms with Crippen LogP contribution in [0, 0.1) is 0 Å². The third-order valence-corrected chi connectivity index (χ3v) is 5.38. The van der Waals surface area contributed by atoms with Gasteiger partial charge in [-0.2, -0.15) is 13.2 Å². The molecule has 146 valence electrons. The van der Waals surface area contributed by atoms with Gasteiger partial charge in [0, 0.05) is 12.1 Å². The van der Waals surface area contributed by atoms with Crippen molar-refractivity contribution in [3.05, 3.63) is 65.2 Å². The Morgan fingerprint density at radius 2 is 1.74 bits per heavy atom. The largest absolute Gasteiger partial charge is 0.416 e. The van der Waals surface area contributed by atoms with Crippen molar-refractivity contribution in [3.8, 4) is 0 Å². The number of amides is 1. The second kappa shape index (κ2) is 8.10. The summed E-state index contributed by atoms with van der Waals surface area (Å²) >= 11 is 0. The van der Waals surface area contributed by atoms with E-state index in [-0.39, 0.29) is 17.0 Å². The second-order valence-electron chi connectivity index (χ2n) is 5.84. The first-order valence-corrected chi connectivity index (χ1v) is 9.60. The number of hydrogen-bond donors (Lipinski definition) is 2. The zero-order valence-corrected chi connectivity index (χ0v) is 15.5. The summed E-state index contributed by atoms with van der Waals surface area (Å²) < 4.78 is 64.5. The Bertz CT molecular complexity index is 910. The summed E-state index contributed by atoms with van der Waals surface area (Å²) in [5, 5.41) is 2.60. The number of rotatable bonds is 6. The molecule has 0 radical (unpaired) electrons. The minimum absolute atomic E-state index is 0.0202. The maximum Gasteiger partial charge on any atom is 0.416 e. The van der Waals surface area contributed by atoms with E-state index in [4.69, 9.17) is 0 Å². The van der Waals surface area contributed by atoms with Crippen LogP contribution in [0.25, 0.3) is 0 Å². The van der Waals surface area contributed by atoms with Gasteiger partial charge in [-0.05, 0) is 48.9 Å². The van der Waals surface area contributed by atoms with Crippen molar-refractivity contribution in [1.29, 1.82) is 0 Å². The molecule has 0 unspecified atom stereocenters. The van der Waals surface area contributed by atoms with Crippen LogP contribution in [0.5, 0.6) is 0 Å². The monoisotopic (exact) mass is 400 g/mol. The topological polar surface area (TPSA) is 75.3 Å². The minimum Gasteiger partial charge on any atom is -0.346 e. The Balaban J connectivity index is 2.13. The van der Waals surface area contributed by atoms with Crippen LogP contribution in [-0.2, 0) is 16.2 Å². The summed E-state index contributed by atoms with van der Waals surface area (Å²) in [6.45, 7) is 3.45. The van der Waals surface area contributed by atoms with Gasteiger partial charge in [-0.1, -0.05) is 19.1 Å². The van der Waals surface area contributed by atoms with Crippen LogP contribution in [0.15, 0.2) is 53.4 Å². The van der Waals surface area contributed by atoms with E-state index in [2.05, 4.69) is 10.0 Å². The Labute approximate surface area is 155 Å². The van der Waals surface area contributed by atoms with Crippen molar-refractivity contribution < 1.29 is 26.4 Å². The zero-order valence-electron chi connectivity index (χ0n) is 14.7. The van der Waals surface area contributed by atoms with Gasteiger partial charge in [-0.15, -0.1) is 0 Å². The summed E-state index contributed by atoms with van der Waals surface area (Å²) in [4.78, 5) is 12.3. The molecule has 0 aromatic heterocycles. The fourth-order valence-corrected chi connectivity index (χ4v) is 3.45. The molecule has 0 saturated heterocycles. The molecule has 5 nitrogen and oxygen atoms in total. The van der Waals surface area contributed by atoms with Gasteiger partial charge >= 0.3 is 6.18 Å². The third kappa shape index (κ3) is 5.30. The van der Waals surface area contributed by atoms with E-state index in [9.17, 15) is 26.4 Å². The molecule has 9 heteroatoms. The van der Waals surface area contributed by atoms with Crippen molar-refractivity contribution in [3.63, 3.8) is 0 Å². The fraction of sp³-hybridized carbons (Fsp3) is 0.278. The highest BCUT2D eigenvalue weighted by atomic mass is 32.2. The highest BCUT2D eigenvalue weighted by molar-refractivity contribution is 7.89. The summed E-state index contributed by atoms with van der Waals surface area (Å²) in [5.74, 6) is -0.521. The van der Waals surface area contributed by atoms with Gasteiger partial charge in [0.1, 0.15) is 0 Å². The van der Waals surface area contributed by atoms with Crippen LogP contribution in [0.4, 0.5) is 13.2 Å². The fourth-order valence-electron chi connectivity index (χ4n) is 2.41. The van der Waals surface area contributed by atoms with Gasteiger partial charge in [-0.25, -0.2) is 13.1 Å². The number of hydrogen-bond acceptors (Lipinski definition) is 3. The molecule has 0 aliphatic carbocycles. The Kier molecular flexibility index (Phi) is 6.27. The molecule has 1 amide bonds. The average molecular weight is 400 g/mol. The van der Waals surface area contributed by atoms with Crippen LogP contribution < -0.4 is 10.0 Å². The van der Waals surface area contributed by atoms with Gasteiger partial charge in [0.05, 0.1) is 16.5 Å². The first-order chi connectivity index (χ1) is 12.5. The predicted molar refractivity (Wildman–Crippen MR) is 94.6 cm³/mol. The summed E-state index contributed by atoms with van der Waals surface area (Å²) in [6.07, 6.45) is -4.46. The van der Waals surface area contributed by atoms with Crippen LogP contribution in [0.2, 0.25) is 0 Å². The third-order valence-electron chi connectivity index (χ3n) is 3.82. The molecular formula is C18H19F3N2O3S. The Hall–Kier alpha value is -2.39. The molecule has 0 aliphatic rings. The van der Waals surface area contributed by atoms with E-state index < -0.39 is 33.7 Å². The maximum absolute atomic E-state index is 12.8. The molecule has 27 heavy (non-hydrogen) atoms. The predicted octanol–water partition coefficient (Wildman–Crippen LogP) is 3.49.